The fraction of sp³-hybridized carbons (Fsp3) is 0.154. The van der Waals surface area contributed by atoms with Crippen LogP contribution in [0.25, 0.3) is 0 Å². The minimum Gasteiger partial charge on any atom is -0.380 e. The molecule has 0 aromatic heterocycles. The fourth-order valence-electron chi connectivity index (χ4n) is 2.15. The number of aliphatic hydroxyl groups excluding tert-OH is 1. The van der Waals surface area contributed by atoms with Gasteiger partial charge in [0.1, 0.15) is 5.70 Å². The molecular formula is C13H12N2O8. The number of rotatable bonds is 3. The van der Waals surface area contributed by atoms with Crippen molar-refractivity contribution in [3.63, 3.8) is 0 Å². The van der Waals surface area contributed by atoms with Crippen LogP contribution < -0.4 is 5.73 Å². The molecule has 0 saturated carbocycles. The lowest BCUT2D eigenvalue weighted by molar-refractivity contribution is -0.346. The second-order valence-corrected chi connectivity index (χ2v) is 4.71. The first kappa shape index (κ1) is 16.7. The number of benzene rings is 1. The van der Waals surface area contributed by atoms with Crippen LogP contribution in [-0.2, 0) is 0 Å². The molecule has 1 unspecified atom stereocenters. The quantitative estimate of drug-likeness (QED) is 0.211. The number of carbonyl (C=O) groups excluding carboxylic acids is 3. The standard InChI is InChI=1S/C13H12N2O8/c14-12(19)15(23)8-7(11(18)13(20,21)22)9(16)5-3-1-2-4-6(5)10(8)17/h1-4,11,18,20-23H,(H2,14,19). The third-order valence-corrected chi connectivity index (χ3v) is 3.19. The molecule has 0 aliphatic heterocycles. The van der Waals surface area contributed by atoms with Gasteiger partial charge in [-0.15, -0.1) is 0 Å². The van der Waals surface area contributed by atoms with E-state index in [0.29, 0.717) is 0 Å². The number of primary amides is 1. The van der Waals surface area contributed by atoms with Crippen LogP contribution in [0.5, 0.6) is 0 Å². The number of hydrogen-bond acceptors (Lipinski definition) is 8. The van der Waals surface area contributed by atoms with Gasteiger partial charge in [0.25, 0.3) is 0 Å². The SMILES string of the molecule is NC(=O)N(O)C1=C(C(O)C(O)(O)O)C(=O)c2ccccc2C1=O. The molecule has 0 bridgehead atoms. The zero-order valence-electron chi connectivity index (χ0n) is 11.4. The molecule has 1 aliphatic rings. The number of carbonyl (C=O) groups is 3. The molecule has 0 radical (unpaired) electrons. The smallest absolute Gasteiger partial charge is 0.343 e. The molecule has 0 saturated heterocycles. The van der Waals surface area contributed by atoms with E-state index >= 15 is 0 Å². The maximum absolute atomic E-state index is 12.4. The van der Waals surface area contributed by atoms with Crippen LogP contribution >= 0.6 is 0 Å². The van der Waals surface area contributed by atoms with E-state index in [1.165, 1.54) is 24.3 Å². The van der Waals surface area contributed by atoms with E-state index in [2.05, 4.69) is 0 Å². The Kier molecular flexibility index (Phi) is 4.03. The number of nitrogens with zero attached hydrogens (tertiary/aromatic N) is 1. The zero-order chi connectivity index (χ0) is 17.5. The Hall–Kier alpha value is -2.63. The summed E-state index contributed by atoms with van der Waals surface area (Å²) in [5.41, 5.74) is 2.22. The van der Waals surface area contributed by atoms with Crippen molar-refractivity contribution in [2.75, 3.05) is 0 Å². The summed E-state index contributed by atoms with van der Waals surface area (Å²) in [6.07, 6.45) is -2.71. The third kappa shape index (κ3) is 2.72. The maximum Gasteiger partial charge on any atom is 0.343 e. The van der Waals surface area contributed by atoms with Crippen LogP contribution in [0, 0.1) is 0 Å². The molecule has 0 heterocycles. The van der Waals surface area contributed by atoms with Gasteiger partial charge in [-0.3, -0.25) is 14.8 Å². The van der Waals surface area contributed by atoms with Gasteiger partial charge in [-0.25, -0.2) is 4.79 Å². The van der Waals surface area contributed by atoms with Crippen molar-refractivity contribution in [1.82, 2.24) is 5.06 Å². The lowest BCUT2D eigenvalue weighted by Crippen LogP contribution is -2.49. The Morgan fingerprint density at radius 2 is 1.57 bits per heavy atom. The van der Waals surface area contributed by atoms with Gasteiger partial charge < -0.3 is 26.2 Å². The molecule has 2 rings (SSSR count). The summed E-state index contributed by atoms with van der Waals surface area (Å²) in [4.78, 5) is 35.9. The Morgan fingerprint density at radius 3 is 2.00 bits per heavy atom. The Labute approximate surface area is 128 Å². The lowest BCUT2D eigenvalue weighted by atomic mass is 9.84. The number of aliphatic hydroxyl groups is 4. The zero-order valence-corrected chi connectivity index (χ0v) is 11.4. The van der Waals surface area contributed by atoms with Crippen molar-refractivity contribution in [2.45, 2.75) is 12.1 Å². The number of ketones is 2. The number of Topliss-reactive ketones (excluding diaryl/α,β-unsaturated/α-hetero) is 2. The molecule has 23 heavy (non-hydrogen) atoms. The summed E-state index contributed by atoms with van der Waals surface area (Å²) < 4.78 is 0. The van der Waals surface area contributed by atoms with Crippen molar-refractivity contribution in [2.24, 2.45) is 5.73 Å². The maximum atomic E-state index is 12.4. The topological polar surface area (TPSA) is 182 Å². The highest BCUT2D eigenvalue weighted by Crippen LogP contribution is 2.31. The molecule has 1 atom stereocenters. The van der Waals surface area contributed by atoms with Crippen molar-refractivity contribution in [3.05, 3.63) is 46.7 Å². The molecule has 7 N–H and O–H groups in total. The van der Waals surface area contributed by atoms with E-state index in [4.69, 9.17) is 21.1 Å². The summed E-state index contributed by atoms with van der Waals surface area (Å²) in [5.74, 6) is -5.99. The molecule has 122 valence electrons. The lowest BCUT2D eigenvalue weighted by Gasteiger charge is -2.29. The summed E-state index contributed by atoms with van der Waals surface area (Å²) >= 11 is 0. The Bertz CT molecular complexity index is 734. The summed E-state index contributed by atoms with van der Waals surface area (Å²) in [6.45, 7) is 0. The third-order valence-electron chi connectivity index (χ3n) is 3.19. The summed E-state index contributed by atoms with van der Waals surface area (Å²) in [5, 5.41) is 46.2. The number of urea groups is 1. The molecule has 0 fully saturated rings. The second kappa shape index (κ2) is 5.53. The monoisotopic (exact) mass is 324 g/mol. The number of amides is 2. The van der Waals surface area contributed by atoms with Gasteiger partial charge in [-0.1, -0.05) is 24.3 Å². The van der Waals surface area contributed by atoms with Gasteiger partial charge in [-0.2, -0.15) is 5.06 Å². The fourth-order valence-corrected chi connectivity index (χ4v) is 2.15. The molecule has 10 heteroatoms. The normalized spacial score (nSPS) is 16.2. The van der Waals surface area contributed by atoms with Gasteiger partial charge in [0.05, 0.1) is 5.57 Å². The predicted octanol–water partition coefficient (Wildman–Crippen LogP) is -1.92. The van der Waals surface area contributed by atoms with Gasteiger partial charge in [0.15, 0.2) is 11.9 Å². The number of nitrogens with two attached hydrogens (primary N) is 1. The number of fused-ring (bicyclic) bond motifs is 1. The highest BCUT2D eigenvalue weighted by Gasteiger charge is 2.45. The van der Waals surface area contributed by atoms with Crippen LogP contribution in [0.15, 0.2) is 35.5 Å². The molecule has 2 amide bonds. The highest BCUT2D eigenvalue weighted by atomic mass is 16.7. The first-order chi connectivity index (χ1) is 10.6. The number of hydrogen-bond donors (Lipinski definition) is 6. The summed E-state index contributed by atoms with van der Waals surface area (Å²) in [6, 6.07) is 3.66. The van der Waals surface area contributed by atoms with Gasteiger partial charge in [0.2, 0.25) is 5.78 Å². The van der Waals surface area contributed by atoms with Gasteiger partial charge in [0, 0.05) is 11.1 Å². The van der Waals surface area contributed by atoms with Crippen molar-refractivity contribution in [3.8, 4) is 0 Å². The molecule has 1 aromatic rings. The summed E-state index contributed by atoms with van der Waals surface area (Å²) in [7, 11) is 0. The minimum atomic E-state index is -3.80. The number of hydroxylamine groups is 2. The Morgan fingerprint density at radius 1 is 1.09 bits per heavy atom. The first-order valence-corrected chi connectivity index (χ1v) is 6.13. The van der Waals surface area contributed by atoms with Crippen molar-refractivity contribution >= 4 is 17.6 Å². The second-order valence-electron chi connectivity index (χ2n) is 4.71. The average molecular weight is 324 g/mol. The van der Waals surface area contributed by atoms with Crippen molar-refractivity contribution in [1.29, 1.82) is 0 Å². The van der Waals surface area contributed by atoms with Crippen LogP contribution in [0.1, 0.15) is 20.7 Å². The molecule has 1 aliphatic carbocycles. The van der Waals surface area contributed by atoms with Crippen LogP contribution in [-0.4, -0.2) is 60.4 Å². The molecular weight excluding hydrogens is 312 g/mol. The van der Waals surface area contributed by atoms with Crippen LogP contribution in [0.2, 0.25) is 0 Å². The highest BCUT2D eigenvalue weighted by molar-refractivity contribution is 6.27. The largest absolute Gasteiger partial charge is 0.380 e. The predicted molar refractivity (Wildman–Crippen MR) is 70.7 cm³/mol. The van der Waals surface area contributed by atoms with Crippen molar-refractivity contribution < 1.29 is 40.0 Å². The molecule has 0 spiro atoms. The average Bonchev–Trinajstić information content (AvgIpc) is 2.48. The first-order valence-electron chi connectivity index (χ1n) is 6.13. The molecule has 1 aromatic carbocycles. The van der Waals surface area contributed by atoms with E-state index in [1.54, 1.807) is 0 Å². The van der Waals surface area contributed by atoms with E-state index in [9.17, 15) is 24.7 Å². The van der Waals surface area contributed by atoms with Gasteiger partial charge >= 0.3 is 12.0 Å². The van der Waals surface area contributed by atoms with E-state index < -0.39 is 46.0 Å². The number of allylic oxidation sites excluding steroid dienone is 1. The molecule has 10 nitrogen and oxygen atoms in total. The van der Waals surface area contributed by atoms with Crippen LogP contribution in [0.4, 0.5) is 4.79 Å². The van der Waals surface area contributed by atoms with Crippen LogP contribution in [0.3, 0.4) is 0 Å². The Balaban J connectivity index is 2.77. The van der Waals surface area contributed by atoms with Gasteiger partial charge in [-0.05, 0) is 0 Å². The minimum absolute atomic E-state index is 0.205. The van der Waals surface area contributed by atoms with E-state index in [-0.39, 0.29) is 11.1 Å². The van der Waals surface area contributed by atoms with E-state index in [1.807, 2.05) is 0 Å². The van der Waals surface area contributed by atoms with E-state index in [0.717, 1.165) is 0 Å².